The lowest BCUT2D eigenvalue weighted by molar-refractivity contribution is -0.00784. The zero-order valence-corrected chi connectivity index (χ0v) is 12.3. The minimum absolute atomic E-state index is 0.0147. The number of aliphatic hydroxyl groups is 1. The van der Waals surface area contributed by atoms with Crippen molar-refractivity contribution in [3.63, 3.8) is 0 Å². The van der Waals surface area contributed by atoms with Crippen LogP contribution in [0.1, 0.15) is 23.0 Å². The predicted molar refractivity (Wildman–Crippen MR) is 83.4 cm³/mol. The molecule has 1 aliphatic carbocycles. The lowest BCUT2D eigenvalue weighted by atomic mass is 9.68. The van der Waals surface area contributed by atoms with E-state index in [1.807, 2.05) is 18.2 Å². The van der Waals surface area contributed by atoms with Crippen LogP contribution in [0.4, 0.5) is 0 Å². The highest BCUT2D eigenvalue weighted by Gasteiger charge is 2.49. The molecule has 2 aromatic rings. The summed E-state index contributed by atoms with van der Waals surface area (Å²) < 4.78 is 5.25. The molecule has 2 N–H and O–H groups in total. The molecule has 0 saturated carbocycles. The Balaban J connectivity index is 2.03. The SMILES string of the molecule is COc1ccc2[nH]c3c(c2c1)C(=O)C1C=NC=CC1C3(C)O. The first-order valence-corrected chi connectivity index (χ1v) is 7.21. The van der Waals surface area contributed by atoms with Crippen LogP contribution in [0, 0.1) is 11.8 Å². The molecule has 22 heavy (non-hydrogen) atoms. The normalized spacial score (nSPS) is 29.5. The fraction of sp³-hybridized carbons (Fsp3) is 0.294. The van der Waals surface area contributed by atoms with E-state index in [-0.39, 0.29) is 11.7 Å². The van der Waals surface area contributed by atoms with E-state index >= 15 is 0 Å². The zero-order valence-electron chi connectivity index (χ0n) is 12.3. The highest BCUT2D eigenvalue weighted by Crippen LogP contribution is 2.46. The molecule has 3 atom stereocenters. The Kier molecular flexibility index (Phi) is 2.60. The third-order valence-electron chi connectivity index (χ3n) is 4.72. The van der Waals surface area contributed by atoms with E-state index in [0.717, 1.165) is 10.9 Å². The molecule has 5 nitrogen and oxygen atoms in total. The fourth-order valence-corrected chi connectivity index (χ4v) is 3.53. The number of ketones is 1. The van der Waals surface area contributed by atoms with Gasteiger partial charge in [-0.2, -0.15) is 0 Å². The molecule has 0 bridgehead atoms. The van der Waals surface area contributed by atoms with E-state index in [0.29, 0.717) is 17.0 Å². The van der Waals surface area contributed by atoms with Gasteiger partial charge in [-0.15, -0.1) is 0 Å². The van der Waals surface area contributed by atoms with Crippen molar-refractivity contribution in [1.82, 2.24) is 4.98 Å². The number of nitrogens with one attached hydrogen (secondary N) is 1. The van der Waals surface area contributed by atoms with Gasteiger partial charge in [-0.25, -0.2) is 0 Å². The summed E-state index contributed by atoms with van der Waals surface area (Å²) in [5, 5.41) is 11.8. The van der Waals surface area contributed by atoms with E-state index < -0.39 is 11.5 Å². The number of Topliss-reactive ketones (excluding diaryl/α,β-unsaturated/α-hetero) is 1. The Morgan fingerprint density at radius 3 is 3.00 bits per heavy atom. The van der Waals surface area contributed by atoms with Gasteiger partial charge in [0.15, 0.2) is 5.78 Å². The summed E-state index contributed by atoms with van der Waals surface area (Å²) in [5.74, 6) is -0.0714. The molecule has 5 heteroatoms. The monoisotopic (exact) mass is 296 g/mol. The summed E-state index contributed by atoms with van der Waals surface area (Å²) in [6.07, 6.45) is 5.07. The van der Waals surface area contributed by atoms with Crippen molar-refractivity contribution < 1.29 is 14.6 Å². The number of aliphatic imine (C=N–C) groups is 1. The van der Waals surface area contributed by atoms with Crippen LogP contribution in [0.15, 0.2) is 35.5 Å². The number of rotatable bonds is 1. The second kappa shape index (κ2) is 4.30. The number of hydrogen-bond acceptors (Lipinski definition) is 4. The molecular formula is C17H16N2O3. The molecule has 0 spiro atoms. The number of hydrogen-bond donors (Lipinski definition) is 2. The maximum Gasteiger partial charge on any atom is 0.174 e. The van der Waals surface area contributed by atoms with Gasteiger partial charge in [0, 0.05) is 34.8 Å². The summed E-state index contributed by atoms with van der Waals surface area (Å²) >= 11 is 0. The number of H-pyrrole nitrogens is 1. The van der Waals surface area contributed by atoms with Gasteiger partial charge in [-0.1, -0.05) is 6.08 Å². The minimum atomic E-state index is -1.15. The van der Waals surface area contributed by atoms with Gasteiger partial charge in [-0.3, -0.25) is 9.79 Å². The van der Waals surface area contributed by atoms with Crippen LogP contribution >= 0.6 is 0 Å². The van der Waals surface area contributed by atoms with Crippen LogP contribution in [0.5, 0.6) is 5.75 Å². The molecule has 1 aromatic carbocycles. The number of carbonyl (C=O) groups is 1. The quantitative estimate of drug-likeness (QED) is 0.848. The number of aromatic amines is 1. The molecule has 0 amide bonds. The lowest BCUT2D eigenvalue weighted by Gasteiger charge is -2.39. The second-order valence-corrected chi connectivity index (χ2v) is 5.99. The average molecular weight is 296 g/mol. The lowest BCUT2D eigenvalue weighted by Crippen LogP contribution is -2.46. The molecular weight excluding hydrogens is 280 g/mol. The van der Waals surface area contributed by atoms with Gasteiger partial charge < -0.3 is 14.8 Å². The molecule has 112 valence electrons. The average Bonchev–Trinajstić information content (AvgIpc) is 2.92. The summed E-state index contributed by atoms with van der Waals surface area (Å²) in [5.41, 5.74) is 0.783. The Morgan fingerprint density at radius 2 is 2.23 bits per heavy atom. The number of ether oxygens (including phenoxy) is 1. The van der Waals surface area contributed by atoms with Gasteiger partial charge in [0.2, 0.25) is 0 Å². The zero-order chi connectivity index (χ0) is 15.5. The molecule has 0 saturated heterocycles. The van der Waals surface area contributed by atoms with Gasteiger partial charge in [-0.05, 0) is 25.1 Å². The molecule has 0 fully saturated rings. The molecule has 2 heterocycles. The topological polar surface area (TPSA) is 74.7 Å². The van der Waals surface area contributed by atoms with Gasteiger partial charge in [0.05, 0.1) is 18.7 Å². The Hall–Kier alpha value is -2.40. The van der Waals surface area contributed by atoms with E-state index in [1.54, 1.807) is 32.5 Å². The van der Waals surface area contributed by atoms with Crippen LogP contribution in [-0.2, 0) is 5.60 Å². The maximum absolute atomic E-state index is 12.9. The first-order chi connectivity index (χ1) is 10.5. The summed E-state index contributed by atoms with van der Waals surface area (Å²) in [6, 6.07) is 5.52. The summed E-state index contributed by atoms with van der Waals surface area (Å²) in [4.78, 5) is 20.2. The number of nitrogens with zero attached hydrogens (tertiary/aromatic N) is 1. The Morgan fingerprint density at radius 1 is 1.41 bits per heavy atom. The van der Waals surface area contributed by atoms with E-state index in [9.17, 15) is 9.90 Å². The second-order valence-electron chi connectivity index (χ2n) is 5.99. The first-order valence-electron chi connectivity index (χ1n) is 7.21. The molecule has 2 aliphatic rings. The molecule has 0 radical (unpaired) electrons. The Labute approximate surface area is 127 Å². The molecule has 1 aliphatic heterocycles. The van der Waals surface area contributed by atoms with Gasteiger partial charge in [0.25, 0.3) is 0 Å². The van der Waals surface area contributed by atoms with Crippen molar-refractivity contribution in [3.05, 3.63) is 41.7 Å². The molecule has 4 rings (SSSR count). The van der Waals surface area contributed by atoms with Crippen molar-refractivity contribution in [2.24, 2.45) is 16.8 Å². The number of methoxy groups -OCH3 is 1. The predicted octanol–water partition coefficient (Wildman–Crippen LogP) is 2.41. The van der Waals surface area contributed by atoms with E-state index in [4.69, 9.17) is 4.74 Å². The first kappa shape index (κ1) is 13.3. The largest absolute Gasteiger partial charge is 0.497 e. The summed E-state index contributed by atoms with van der Waals surface area (Å²) in [7, 11) is 1.59. The number of fused-ring (bicyclic) bond motifs is 4. The van der Waals surface area contributed by atoms with Gasteiger partial charge >= 0.3 is 0 Å². The summed E-state index contributed by atoms with van der Waals surface area (Å²) in [6.45, 7) is 1.74. The minimum Gasteiger partial charge on any atom is -0.497 e. The number of benzene rings is 1. The van der Waals surface area contributed by atoms with E-state index in [2.05, 4.69) is 9.98 Å². The van der Waals surface area contributed by atoms with Crippen molar-refractivity contribution >= 4 is 22.9 Å². The van der Waals surface area contributed by atoms with Crippen LogP contribution in [0.2, 0.25) is 0 Å². The van der Waals surface area contributed by atoms with Crippen LogP contribution in [0.3, 0.4) is 0 Å². The highest BCUT2D eigenvalue weighted by atomic mass is 16.5. The van der Waals surface area contributed by atoms with Crippen molar-refractivity contribution in [1.29, 1.82) is 0 Å². The third kappa shape index (κ3) is 1.57. The molecule has 3 unspecified atom stereocenters. The van der Waals surface area contributed by atoms with Gasteiger partial charge in [0.1, 0.15) is 11.4 Å². The maximum atomic E-state index is 12.9. The van der Waals surface area contributed by atoms with E-state index in [1.165, 1.54) is 0 Å². The standard InChI is InChI=1S/C17H16N2O3/c1-17(21)12-5-6-18-8-11(12)15(20)14-10-7-9(22-2)3-4-13(10)19-16(14)17/h3-8,11-12,19,21H,1-2H3. The highest BCUT2D eigenvalue weighted by molar-refractivity contribution is 6.16. The van der Waals surface area contributed by atoms with Crippen LogP contribution in [0.25, 0.3) is 10.9 Å². The fourth-order valence-electron chi connectivity index (χ4n) is 3.53. The Bertz CT molecular complexity index is 845. The number of aromatic nitrogens is 1. The van der Waals surface area contributed by atoms with Crippen molar-refractivity contribution in [2.45, 2.75) is 12.5 Å². The van der Waals surface area contributed by atoms with Crippen molar-refractivity contribution in [3.8, 4) is 5.75 Å². The number of carbonyl (C=O) groups excluding carboxylic acids is 1. The molecule has 1 aromatic heterocycles. The van der Waals surface area contributed by atoms with Crippen LogP contribution in [-0.4, -0.2) is 29.2 Å². The van der Waals surface area contributed by atoms with Crippen molar-refractivity contribution in [2.75, 3.05) is 7.11 Å². The smallest absolute Gasteiger partial charge is 0.174 e. The third-order valence-corrected chi connectivity index (χ3v) is 4.72. The van der Waals surface area contributed by atoms with Crippen LogP contribution < -0.4 is 4.74 Å².